The van der Waals surface area contributed by atoms with Crippen molar-refractivity contribution in [2.45, 2.75) is 18.6 Å². The van der Waals surface area contributed by atoms with Gasteiger partial charge in [-0.1, -0.05) is 0 Å². The summed E-state index contributed by atoms with van der Waals surface area (Å²) in [7, 11) is -4.45. The summed E-state index contributed by atoms with van der Waals surface area (Å²) >= 11 is 0. The molecule has 1 aliphatic heterocycles. The topological polar surface area (TPSA) is 55.4 Å². The Balaban J connectivity index is 2.74. The fourth-order valence-corrected chi connectivity index (χ4v) is 10.8. The van der Waals surface area contributed by atoms with E-state index in [1.54, 1.807) is 0 Å². The third-order valence-electron chi connectivity index (χ3n) is 2.32. The van der Waals surface area contributed by atoms with Crippen molar-refractivity contribution in [3.8, 4) is 0 Å². The Morgan fingerprint density at radius 1 is 1.06 bits per heavy atom. The van der Waals surface area contributed by atoms with Crippen LogP contribution in [0.3, 0.4) is 0 Å². The van der Waals surface area contributed by atoms with Gasteiger partial charge in [0.2, 0.25) is 0 Å². The molecule has 0 bridgehead atoms. The van der Waals surface area contributed by atoms with Gasteiger partial charge < -0.3 is 25.6 Å². The quantitative estimate of drug-likeness (QED) is 0.679. The van der Waals surface area contributed by atoms with E-state index in [1.165, 1.54) is 21.3 Å². The zero-order chi connectivity index (χ0) is 13.9. The first kappa shape index (κ1) is 16.3. The van der Waals surface area contributed by atoms with Crippen molar-refractivity contribution >= 4 is 27.9 Å². The van der Waals surface area contributed by atoms with Gasteiger partial charge in [-0.2, -0.15) is 13.2 Å². The van der Waals surface area contributed by atoms with Crippen LogP contribution in [0.5, 0.6) is 0 Å². The summed E-state index contributed by atoms with van der Waals surface area (Å²) in [4.78, 5) is 0. The van der Waals surface area contributed by atoms with E-state index in [-0.39, 0.29) is 6.04 Å². The van der Waals surface area contributed by atoms with E-state index in [9.17, 15) is 13.2 Å². The van der Waals surface area contributed by atoms with Crippen LogP contribution in [0.25, 0.3) is 0 Å². The van der Waals surface area contributed by atoms with Crippen LogP contribution >= 0.6 is 0 Å². The SMILES string of the molecule is CO[Si]1(CCC(F)(F)F)O[SiH2]O[Si](OC)(OC)O1. The Kier molecular flexibility index (Phi) is 5.51. The van der Waals surface area contributed by atoms with Crippen molar-refractivity contribution in [2.75, 3.05) is 21.3 Å². The Hall–Kier alpha value is 0.201. The number of rotatable bonds is 5. The smallest absolute Gasteiger partial charge is 0.398 e. The van der Waals surface area contributed by atoms with Crippen molar-refractivity contribution in [3.63, 3.8) is 0 Å². The Morgan fingerprint density at radius 2 is 1.67 bits per heavy atom. The van der Waals surface area contributed by atoms with Gasteiger partial charge in [0.1, 0.15) is 0 Å². The van der Waals surface area contributed by atoms with E-state index < -0.39 is 40.5 Å². The fraction of sp³-hybridized carbons (Fsp3) is 1.00. The van der Waals surface area contributed by atoms with Crippen LogP contribution in [0.1, 0.15) is 6.42 Å². The van der Waals surface area contributed by atoms with Gasteiger partial charge in [0.25, 0.3) is 10.0 Å². The highest BCUT2D eigenvalue weighted by Gasteiger charge is 2.59. The van der Waals surface area contributed by atoms with E-state index in [4.69, 9.17) is 25.6 Å². The van der Waals surface area contributed by atoms with Gasteiger partial charge in [-0.15, -0.1) is 0 Å². The molecule has 0 amide bonds. The first-order chi connectivity index (χ1) is 8.30. The molecular formula is C6H15F3O6Si3. The van der Waals surface area contributed by atoms with Crippen molar-refractivity contribution in [1.29, 1.82) is 0 Å². The number of hydrogen-bond acceptors (Lipinski definition) is 6. The highest BCUT2D eigenvalue weighted by Crippen LogP contribution is 2.31. The normalized spacial score (nSPS) is 29.7. The molecule has 0 N–H and O–H groups in total. The van der Waals surface area contributed by atoms with Crippen LogP contribution in [0.2, 0.25) is 6.04 Å². The largest absolute Gasteiger partial charge is 0.662 e. The van der Waals surface area contributed by atoms with Crippen LogP contribution in [0.4, 0.5) is 13.2 Å². The van der Waals surface area contributed by atoms with E-state index in [1.807, 2.05) is 0 Å². The highest BCUT2D eigenvalue weighted by atomic mass is 28.5. The molecule has 0 radical (unpaired) electrons. The van der Waals surface area contributed by atoms with Gasteiger partial charge in [0, 0.05) is 33.8 Å². The van der Waals surface area contributed by atoms with Gasteiger partial charge >= 0.3 is 24.0 Å². The minimum absolute atomic E-state index is 0.370. The summed E-state index contributed by atoms with van der Waals surface area (Å²) in [6, 6.07) is -0.370. The maximum absolute atomic E-state index is 12.3. The lowest BCUT2D eigenvalue weighted by atomic mass is 10.5. The van der Waals surface area contributed by atoms with Crippen LogP contribution < -0.4 is 0 Å². The molecular weight excluding hydrogens is 309 g/mol. The van der Waals surface area contributed by atoms with Crippen molar-refractivity contribution in [3.05, 3.63) is 0 Å². The van der Waals surface area contributed by atoms with E-state index in [2.05, 4.69) is 0 Å². The predicted octanol–water partition coefficient (Wildman–Crippen LogP) is 0.315. The van der Waals surface area contributed by atoms with Crippen molar-refractivity contribution < 1.29 is 38.8 Å². The van der Waals surface area contributed by atoms with E-state index in [0.717, 1.165) is 0 Å². The monoisotopic (exact) mass is 324 g/mol. The fourth-order valence-electron chi connectivity index (χ4n) is 1.35. The second-order valence-electron chi connectivity index (χ2n) is 3.42. The zero-order valence-corrected chi connectivity index (χ0v) is 13.6. The summed E-state index contributed by atoms with van der Waals surface area (Å²) in [5.41, 5.74) is 0. The molecule has 1 heterocycles. The minimum Gasteiger partial charge on any atom is -0.398 e. The summed E-state index contributed by atoms with van der Waals surface area (Å²) in [5, 5.41) is 0. The van der Waals surface area contributed by atoms with Gasteiger partial charge in [0.15, 0.2) is 0 Å². The van der Waals surface area contributed by atoms with E-state index in [0.29, 0.717) is 0 Å². The lowest BCUT2D eigenvalue weighted by Crippen LogP contribution is -2.65. The van der Waals surface area contributed by atoms with Gasteiger partial charge in [-0.3, -0.25) is 0 Å². The molecule has 1 atom stereocenters. The van der Waals surface area contributed by atoms with Gasteiger partial charge in [-0.05, 0) is 0 Å². The Labute approximate surface area is 107 Å². The summed E-state index contributed by atoms with van der Waals surface area (Å²) in [6.07, 6.45) is -5.34. The maximum Gasteiger partial charge on any atom is 0.662 e. The molecule has 1 rings (SSSR count). The second kappa shape index (κ2) is 6.10. The molecule has 0 aromatic carbocycles. The van der Waals surface area contributed by atoms with Crippen LogP contribution in [0.15, 0.2) is 0 Å². The molecule has 0 aliphatic carbocycles. The number of alkyl halides is 3. The minimum atomic E-state index is -4.30. The molecule has 0 spiro atoms. The summed E-state index contributed by atoms with van der Waals surface area (Å²) in [5.74, 6) is 0. The molecule has 12 heteroatoms. The van der Waals surface area contributed by atoms with Gasteiger partial charge in [0.05, 0.1) is 0 Å². The highest BCUT2D eigenvalue weighted by molar-refractivity contribution is 6.79. The van der Waals surface area contributed by atoms with Crippen molar-refractivity contribution in [1.82, 2.24) is 0 Å². The standard InChI is InChI=1S/C6H15F3O6Si3/c1-10-17(5-4-6(7,8)9)13-16-14-18(11-2,12-3)15-17/h4-5,16H2,1-3H3. The first-order valence-electron chi connectivity index (χ1n) is 5.01. The Bertz CT molecular complexity index is 276. The molecule has 1 aliphatic rings. The van der Waals surface area contributed by atoms with Crippen LogP contribution in [-0.2, 0) is 25.6 Å². The van der Waals surface area contributed by atoms with E-state index >= 15 is 0 Å². The lowest BCUT2D eigenvalue weighted by molar-refractivity contribution is -0.133. The molecule has 108 valence electrons. The van der Waals surface area contributed by atoms with Crippen LogP contribution in [-0.4, -0.2) is 55.4 Å². The maximum atomic E-state index is 12.3. The molecule has 0 aromatic heterocycles. The number of halogens is 3. The third kappa shape index (κ3) is 4.10. The number of hydrogen-bond donors (Lipinski definition) is 0. The molecule has 1 unspecified atom stereocenters. The summed E-state index contributed by atoms with van der Waals surface area (Å²) in [6.45, 7) is 0. The molecule has 1 saturated heterocycles. The predicted molar refractivity (Wildman–Crippen MR) is 59.8 cm³/mol. The first-order valence-corrected chi connectivity index (χ1v) is 9.72. The molecule has 0 aromatic rings. The van der Waals surface area contributed by atoms with Crippen LogP contribution in [0, 0.1) is 0 Å². The Morgan fingerprint density at radius 3 is 2.11 bits per heavy atom. The molecule has 1 fully saturated rings. The second-order valence-corrected chi connectivity index (χ2v) is 10.9. The average molecular weight is 324 g/mol. The van der Waals surface area contributed by atoms with Crippen molar-refractivity contribution in [2.24, 2.45) is 0 Å². The molecule has 0 saturated carbocycles. The zero-order valence-electron chi connectivity index (χ0n) is 10.2. The average Bonchev–Trinajstić information content (AvgIpc) is 2.36. The summed E-state index contributed by atoms with van der Waals surface area (Å²) < 4.78 is 67.7. The van der Waals surface area contributed by atoms with Gasteiger partial charge in [-0.25, -0.2) is 0 Å². The molecule has 18 heavy (non-hydrogen) atoms. The third-order valence-corrected chi connectivity index (χ3v) is 11.2. The molecule has 6 nitrogen and oxygen atoms in total. The lowest BCUT2D eigenvalue weighted by Gasteiger charge is -2.39.